The Hall–Kier alpha value is -1.67. The summed E-state index contributed by atoms with van der Waals surface area (Å²) in [5.41, 5.74) is -0.0252. The summed E-state index contributed by atoms with van der Waals surface area (Å²) in [6, 6.07) is 11.7. The fourth-order valence-electron chi connectivity index (χ4n) is 3.13. The zero-order chi connectivity index (χ0) is 21.6. The van der Waals surface area contributed by atoms with E-state index in [0.717, 1.165) is 18.2 Å². The molecule has 5 nitrogen and oxygen atoms in total. The van der Waals surface area contributed by atoms with Gasteiger partial charge in [-0.3, -0.25) is 4.55 Å². The molecule has 3 N–H and O–H groups in total. The van der Waals surface area contributed by atoms with Gasteiger partial charge in [-0.15, -0.1) is 0 Å². The standard InChI is InChI=1S/C19H12Cl4O5S/c20-13-4-1-10(2-5-13)19(29(26,27)28,11-3-6-14(21)17(24)9-11)12-7-15(22)18(25)16(23)8-12/h1-9,24-25H,(H,26,27,28). The van der Waals surface area contributed by atoms with Crippen LogP contribution in [0.4, 0.5) is 0 Å². The number of phenols is 2. The number of hydrogen-bond donors (Lipinski definition) is 3. The maximum absolute atomic E-state index is 12.9. The molecule has 0 aliphatic rings. The average molecular weight is 494 g/mol. The Morgan fingerprint density at radius 1 is 0.690 bits per heavy atom. The molecule has 0 aliphatic carbocycles. The van der Waals surface area contributed by atoms with Crippen LogP contribution in [-0.4, -0.2) is 23.2 Å². The van der Waals surface area contributed by atoms with E-state index in [9.17, 15) is 23.2 Å². The second-order valence-electron chi connectivity index (χ2n) is 6.12. The highest BCUT2D eigenvalue weighted by Gasteiger charge is 2.49. The third kappa shape index (κ3) is 3.77. The minimum Gasteiger partial charge on any atom is -0.506 e. The first-order valence-corrected chi connectivity index (χ1v) is 10.8. The van der Waals surface area contributed by atoms with Crippen molar-refractivity contribution < 1.29 is 23.2 Å². The van der Waals surface area contributed by atoms with Gasteiger partial charge in [0, 0.05) is 5.02 Å². The molecule has 0 radical (unpaired) electrons. The lowest BCUT2D eigenvalue weighted by Gasteiger charge is -2.33. The number of hydrogen-bond acceptors (Lipinski definition) is 4. The summed E-state index contributed by atoms with van der Waals surface area (Å²) < 4.78 is 34.0. The summed E-state index contributed by atoms with van der Waals surface area (Å²) in [5, 5.41) is 19.9. The van der Waals surface area contributed by atoms with Crippen LogP contribution in [0.3, 0.4) is 0 Å². The second kappa shape index (κ2) is 7.87. The minimum atomic E-state index is -4.97. The molecule has 152 valence electrons. The fourth-order valence-corrected chi connectivity index (χ4v) is 5.14. The van der Waals surface area contributed by atoms with Crippen LogP contribution in [0.25, 0.3) is 0 Å². The van der Waals surface area contributed by atoms with Crippen molar-refractivity contribution in [2.75, 3.05) is 0 Å². The molecule has 1 atom stereocenters. The highest BCUT2D eigenvalue weighted by molar-refractivity contribution is 7.87. The quantitative estimate of drug-likeness (QED) is 0.311. The Balaban J connectivity index is 2.54. The summed E-state index contributed by atoms with van der Waals surface area (Å²) in [4.78, 5) is 0. The molecule has 0 bridgehead atoms. The summed E-state index contributed by atoms with van der Waals surface area (Å²) in [6.07, 6.45) is 0. The first kappa shape index (κ1) is 22.0. The Bertz CT molecular complexity index is 1170. The van der Waals surface area contributed by atoms with Gasteiger partial charge in [0.1, 0.15) is 5.75 Å². The smallest absolute Gasteiger partial charge is 0.283 e. The van der Waals surface area contributed by atoms with Gasteiger partial charge >= 0.3 is 0 Å². The summed E-state index contributed by atoms with van der Waals surface area (Å²) in [5.74, 6) is -0.849. The third-order valence-corrected chi connectivity index (χ3v) is 7.04. The van der Waals surface area contributed by atoms with Gasteiger partial charge in [0.05, 0.1) is 15.1 Å². The zero-order valence-electron chi connectivity index (χ0n) is 14.3. The Kier molecular flexibility index (Phi) is 5.98. The molecular formula is C19H12Cl4O5S. The maximum atomic E-state index is 12.9. The largest absolute Gasteiger partial charge is 0.506 e. The van der Waals surface area contributed by atoms with E-state index in [-0.39, 0.29) is 31.8 Å². The van der Waals surface area contributed by atoms with Crippen molar-refractivity contribution in [3.8, 4) is 11.5 Å². The van der Waals surface area contributed by atoms with E-state index in [1.54, 1.807) is 0 Å². The molecule has 0 spiro atoms. The monoisotopic (exact) mass is 492 g/mol. The Labute approximate surface area is 186 Å². The molecule has 0 fully saturated rings. The molecule has 3 aromatic carbocycles. The highest BCUT2D eigenvalue weighted by Crippen LogP contribution is 2.48. The summed E-state index contributed by atoms with van der Waals surface area (Å²) in [6.45, 7) is 0. The molecular weight excluding hydrogens is 482 g/mol. The minimum absolute atomic E-state index is 0.0177. The van der Waals surface area contributed by atoms with Gasteiger partial charge in [-0.2, -0.15) is 8.42 Å². The molecule has 10 heteroatoms. The van der Waals surface area contributed by atoms with Gasteiger partial charge in [-0.05, 0) is 53.1 Å². The Morgan fingerprint density at radius 3 is 1.69 bits per heavy atom. The fraction of sp³-hybridized carbons (Fsp3) is 0.0526. The van der Waals surface area contributed by atoms with Gasteiger partial charge < -0.3 is 10.2 Å². The molecule has 3 rings (SSSR count). The number of rotatable bonds is 4. The third-order valence-electron chi connectivity index (χ3n) is 4.41. The van der Waals surface area contributed by atoms with E-state index in [0.29, 0.717) is 5.02 Å². The van der Waals surface area contributed by atoms with Gasteiger partial charge in [-0.1, -0.05) is 64.6 Å². The molecule has 0 saturated heterocycles. The summed E-state index contributed by atoms with van der Waals surface area (Å²) >= 11 is 23.9. The molecule has 0 aliphatic heterocycles. The topological polar surface area (TPSA) is 94.8 Å². The van der Waals surface area contributed by atoms with Crippen molar-refractivity contribution >= 4 is 56.5 Å². The summed E-state index contributed by atoms with van der Waals surface area (Å²) in [7, 11) is -4.97. The number of aromatic hydroxyl groups is 2. The predicted octanol–water partition coefficient (Wildman–Crippen LogP) is 5.89. The molecule has 0 amide bonds. The molecule has 29 heavy (non-hydrogen) atoms. The van der Waals surface area contributed by atoms with Crippen molar-refractivity contribution in [2.45, 2.75) is 4.75 Å². The van der Waals surface area contributed by atoms with Crippen molar-refractivity contribution in [3.63, 3.8) is 0 Å². The lowest BCUT2D eigenvalue weighted by Crippen LogP contribution is -2.38. The van der Waals surface area contributed by atoms with Crippen LogP contribution >= 0.6 is 46.4 Å². The maximum Gasteiger partial charge on any atom is 0.283 e. The normalized spacial score (nSPS) is 13.8. The van der Waals surface area contributed by atoms with E-state index in [1.165, 1.54) is 36.4 Å². The molecule has 1 unspecified atom stereocenters. The van der Waals surface area contributed by atoms with E-state index < -0.39 is 26.4 Å². The van der Waals surface area contributed by atoms with E-state index >= 15 is 0 Å². The van der Waals surface area contributed by atoms with Crippen molar-refractivity contribution in [1.82, 2.24) is 0 Å². The molecule has 0 saturated carbocycles. The van der Waals surface area contributed by atoms with Crippen molar-refractivity contribution in [2.24, 2.45) is 0 Å². The average Bonchev–Trinajstić information content (AvgIpc) is 2.63. The molecule has 0 heterocycles. The highest BCUT2D eigenvalue weighted by atomic mass is 35.5. The van der Waals surface area contributed by atoms with Gasteiger partial charge in [0.2, 0.25) is 0 Å². The van der Waals surface area contributed by atoms with E-state index in [2.05, 4.69) is 0 Å². The predicted molar refractivity (Wildman–Crippen MR) is 114 cm³/mol. The van der Waals surface area contributed by atoms with Crippen LogP contribution in [0.5, 0.6) is 11.5 Å². The van der Waals surface area contributed by atoms with Crippen LogP contribution in [0, 0.1) is 0 Å². The SMILES string of the molecule is O=S(=O)(O)C(c1ccc(Cl)cc1)(c1ccc(Cl)c(O)c1)c1cc(Cl)c(O)c(Cl)c1. The van der Waals surface area contributed by atoms with Crippen LogP contribution in [0.2, 0.25) is 20.1 Å². The number of halogens is 4. The van der Waals surface area contributed by atoms with Crippen LogP contribution in [0.1, 0.15) is 16.7 Å². The second-order valence-corrected chi connectivity index (χ2v) is 9.34. The van der Waals surface area contributed by atoms with Crippen LogP contribution in [-0.2, 0) is 14.9 Å². The number of phenolic OH excluding ortho intramolecular Hbond substituents is 2. The lowest BCUT2D eigenvalue weighted by molar-refractivity contribution is 0.455. The van der Waals surface area contributed by atoms with Crippen LogP contribution in [0.15, 0.2) is 54.6 Å². The van der Waals surface area contributed by atoms with E-state index in [4.69, 9.17) is 46.4 Å². The molecule has 0 aromatic heterocycles. The molecule has 3 aromatic rings. The lowest BCUT2D eigenvalue weighted by atomic mass is 9.84. The van der Waals surface area contributed by atoms with Gasteiger partial charge in [0.15, 0.2) is 10.5 Å². The van der Waals surface area contributed by atoms with Gasteiger partial charge in [0.25, 0.3) is 10.1 Å². The number of benzene rings is 3. The van der Waals surface area contributed by atoms with Crippen molar-refractivity contribution in [3.05, 3.63) is 91.4 Å². The van der Waals surface area contributed by atoms with Crippen molar-refractivity contribution in [1.29, 1.82) is 0 Å². The van der Waals surface area contributed by atoms with E-state index in [1.807, 2.05) is 0 Å². The Morgan fingerprint density at radius 2 is 1.21 bits per heavy atom. The first-order valence-electron chi connectivity index (χ1n) is 7.89. The zero-order valence-corrected chi connectivity index (χ0v) is 18.1. The van der Waals surface area contributed by atoms with Gasteiger partial charge in [-0.25, -0.2) is 0 Å². The first-order chi connectivity index (χ1) is 13.5. The van der Waals surface area contributed by atoms with Crippen LogP contribution < -0.4 is 0 Å².